The molecule has 0 radical (unpaired) electrons. The van der Waals surface area contributed by atoms with Crippen molar-refractivity contribution in [3.05, 3.63) is 102 Å². The topological polar surface area (TPSA) is 63.2 Å². The molecule has 0 aliphatic heterocycles. The van der Waals surface area contributed by atoms with Gasteiger partial charge in [0, 0.05) is 16.9 Å². The van der Waals surface area contributed by atoms with Crippen LogP contribution < -0.4 is 4.90 Å². The monoisotopic (exact) mass is 453 g/mol. The third-order valence-electron chi connectivity index (χ3n) is 5.05. The fraction of sp³-hybridized carbons (Fsp3) is 0.111. The number of rotatable bonds is 7. The van der Waals surface area contributed by atoms with Crippen LogP contribution in [0, 0.1) is 6.92 Å². The molecule has 33 heavy (non-hydrogen) atoms. The smallest absolute Gasteiger partial charge is 0.241 e. The van der Waals surface area contributed by atoms with Crippen molar-refractivity contribution >= 4 is 34.8 Å². The molecule has 0 saturated heterocycles. The van der Waals surface area contributed by atoms with Gasteiger partial charge in [-0.3, -0.25) is 14.5 Å². The Balaban J connectivity index is 1.66. The Morgan fingerprint density at radius 1 is 0.788 bits per heavy atom. The van der Waals surface area contributed by atoms with E-state index in [9.17, 15) is 9.59 Å². The van der Waals surface area contributed by atoms with Crippen molar-refractivity contribution in [2.75, 3.05) is 10.7 Å². The highest BCUT2D eigenvalue weighted by molar-refractivity contribution is 8.00. The summed E-state index contributed by atoms with van der Waals surface area (Å²) in [6.07, 6.45) is 0. The standard InChI is InChI=1S/C27H23N3O2S/c1-19-25(20(2)31)27(29-26(28-19)21-12-6-3-7-13-21)33-18-24(32)30(22-14-8-4-9-15-22)23-16-10-5-11-17-23/h3-17H,18H2,1-2H3. The van der Waals surface area contributed by atoms with E-state index in [2.05, 4.69) is 9.97 Å². The number of amides is 1. The Hall–Kier alpha value is -3.77. The van der Waals surface area contributed by atoms with E-state index in [0.717, 1.165) is 16.9 Å². The molecule has 5 nitrogen and oxygen atoms in total. The lowest BCUT2D eigenvalue weighted by Crippen LogP contribution is -2.27. The number of thioether (sulfide) groups is 1. The van der Waals surface area contributed by atoms with Crippen LogP contribution in [0.4, 0.5) is 11.4 Å². The first-order chi connectivity index (χ1) is 16.0. The zero-order valence-electron chi connectivity index (χ0n) is 18.4. The van der Waals surface area contributed by atoms with Gasteiger partial charge in [0.15, 0.2) is 11.6 Å². The lowest BCUT2D eigenvalue weighted by atomic mass is 10.1. The van der Waals surface area contributed by atoms with Crippen LogP contribution in [0.25, 0.3) is 11.4 Å². The molecule has 0 saturated carbocycles. The highest BCUT2D eigenvalue weighted by Gasteiger charge is 2.22. The number of anilines is 2. The Bertz CT molecular complexity index is 1220. The number of hydrogen-bond acceptors (Lipinski definition) is 5. The quantitative estimate of drug-likeness (QED) is 0.192. The first kappa shape index (κ1) is 22.4. The second-order valence-electron chi connectivity index (χ2n) is 7.42. The van der Waals surface area contributed by atoms with Crippen LogP contribution in [-0.2, 0) is 4.79 Å². The van der Waals surface area contributed by atoms with Crippen LogP contribution in [0.15, 0.2) is 96.0 Å². The average Bonchev–Trinajstić information content (AvgIpc) is 2.84. The van der Waals surface area contributed by atoms with Gasteiger partial charge < -0.3 is 0 Å². The predicted molar refractivity (Wildman–Crippen MR) is 133 cm³/mol. The van der Waals surface area contributed by atoms with Crippen LogP contribution in [0.5, 0.6) is 0 Å². The molecule has 4 rings (SSSR count). The first-order valence-corrected chi connectivity index (χ1v) is 11.5. The largest absolute Gasteiger partial charge is 0.294 e. The number of nitrogens with zero attached hydrogens (tertiary/aromatic N) is 3. The normalized spacial score (nSPS) is 10.6. The third kappa shape index (κ3) is 5.18. The fourth-order valence-electron chi connectivity index (χ4n) is 3.56. The first-order valence-electron chi connectivity index (χ1n) is 10.6. The van der Waals surface area contributed by atoms with Crippen LogP contribution in [0.3, 0.4) is 0 Å². The van der Waals surface area contributed by atoms with Gasteiger partial charge in [-0.15, -0.1) is 0 Å². The average molecular weight is 454 g/mol. The summed E-state index contributed by atoms with van der Waals surface area (Å²) < 4.78 is 0. The number of hydrogen-bond donors (Lipinski definition) is 0. The molecule has 1 heterocycles. The summed E-state index contributed by atoms with van der Waals surface area (Å²) in [4.78, 5) is 36.7. The van der Waals surface area contributed by atoms with E-state index in [0.29, 0.717) is 22.1 Å². The van der Waals surface area contributed by atoms with Gasteiger partial charge in [0.2, 0.25) is 5.91 Å². The molecule has 6 heteroatoms. The Labute approximate surface area is 197 Å². The van der Waals surface area contributed by atoms with Crippen LogP contribution in [-0.4, -0.2) is 27.4 Å². The minimum absolute atomic E-state index is 0.107. The number of aromatic nitrogens is 2. The van der Waals surface area contributed by atoms with E-state index in [-0.39, 0.29) is 17.4 Å². The molecule has 0 aliphatic carbocycles. The molecule has 0 N–H and O–H groups in total. The lowest BCUT2D eigenvalue weighted by Gasteiger charge is -2.23. The van der Waals surface area contributed by atoms with Crippen LogP contribution in [0.1, 0.15) is 23.0 Å². The second kappa shape index (κ2) is 10.2. The summed E-state index contributed by atoms with van der Waals surface area (Å²) in [5.41, 5.74) is 3.49. The molecule has 0 spiro atoms. The Morgan fingerprint density at radius 3 is 1.82 bits per heavy atom. The summed E-state index contributed by atoms with van der Waals surface area (Å²) in [5.74, 6) is 0.430. The van der Waals surface area contributed by atoms with E-state index in [1.165, 1.54) is 18.7 Å². The SMILES string of the molecule is CC(=O)c1c(C)nc(-c2ccccc2)nc1SCC(=O)N(c1ccccc1)c1ccccc1. The predicted octanol–water partition coefficient (Wildman–Crippen LogP) is 6.11. The highest BCUT2D eigenvalue weighted by Crippen LogP contribution is 2.30. The maximum atomic E-state index is 13.4. The maximum Gasteiger partial charge on any atom is 0.241 e. The Kier molecular flexibility index (Phi) is 6.95. The molecule has 0 bridgehead atoms. The summed E-state index contributed by atoms with van der Waals surface area (Å²) in [6.45, 7) is 3.30. The highest BCUT2D eigenvalue weighted by atomic mass is 32.2. The van der Waals surface area contributed by atoms with E-state index >= 15 is 0 Å². The van der Waals surface area contributed by atoms with Gasteiger partial charge in [0.05, 0.1) is 17.0 Å². The minimum atomic E-state index is -0.120. The molecule has 0 fully saturated rings. The van der Waals surface area contributed by atoms with Crippen molar-refractivity contribution in [2.24, 2.45) is 0 Å². The second-order valence-corrected chi connectivity index (χ2v) is 8.39. The molecule has 0 atom stereocenters. The molecule has 4 aromatic rings. The molecular formula is C27H23N3O2S. The molecule has 1 aromatic heterocycles. The van der Waals surface area contributed by atoms with Crippen molar-refractivity contribution in [3.8, 4) is 11.4 Å². The zero-order valence-corrected chi connectivity index (χ0v) is 19.3. The van der Waals surface area contributed by atoms with Crippen molar-refractivity contribution in [1.82, 2.24) is 9.97 Å². The van der Waals surface area contributed by atoms with Crippen LogP contribution in [0.2, 0.25) is 0 Å². The number of aryl methyl sites for hydroxylation is 1. The minimum Gasteiger partial charge on any atom is -0.294 e. The molecule has 1 amide bonds. The third-order valence-corrected chi connectivity index (χ3v) is 6.01. The van der Waals surface area contributed by atoms with Crippen molar-refractivity contribution in [1.29, 1.82) is 0 Å². The van der Waals surface area contributed by atoms with Gasteiger partial charge in [-0.25, -0.2) is 9.97 Å². The van der Waals surface area contributed by atoms with E-state index in [1.54, 1.807) is 11.8 Å². The number of benzene rings is 3. The van der Waals surface area contributed by atoms with Gasteiger partial charge in [0.25, 0.3) is 0 Å². The molecule has 164 valence electrons. The molecule has 3 aromatic carbocycles. The van der Waals surface area contributed by atoms with Gasteiger partial charge in [0.1, 0.15) is 5.03 Å². The summed E-state index contributed by atoms with van der Waals surface area (Å²) in [5, 5.41) is 0.517. The zero-order chi connectivity index (χ0) is 23.2. The van der Waals surface area contributed by atoms with Gasteiger partial charge in [-0.2, -0.15) is 0 Å². The molecule has 0 aliphatic rings. The van der Waals surface area contributed by atoms with E-state index in [1.807, 2.05) is 91.0 Å². The van der Waals surface area contributed by atoms with Crippen molar-refractivity contribution in [3.63, 3.8) is 0 Å². The van der Waals surface area contributed by atoms with E-state index < -0.39 is 0 Å². The number of ketones is 1. The van der Waals surface area contributed by atoms with Gasteiger partial charge >= 0.3 is 0 Å². The van der Waals surface area contributed by atoms with Gasteiger partial charge in [-0.05, 0) is 38.1 Å². The number of carbonyl (C=O) groups is 2. The van der Waals surface area contributed by atoms with Crippen molar-refractivity contribution in [2.45, 2.75) is 18.9 Å². The summed E-state index contributed by atoms with van der Waals surface area (Å²) in [6, 6.07) is 28.7. The summed E-state index contributed by atoms with van der Waals surface area (Å²) in [7, 11) is 0. The van der Waals surface area contributed by atoms with Crippen molar-refractivity contribution < 1.29 is 9.59 Å². The number of carbonyl (C=O) groups excluding carboxylic acids is 2. The number of Topliss-reactive ketones (excluding diaryl/α,β-unsaturated/α-hetero) is 1. The molecule has 0 unspecified atom stereocenters. The number of para-hydroxylation sites is 2. The van der Waals surface area contributed by atoms with Crippen LogP contribution >= 0.6 is 11.8 Å². The Morgan fingerprint density at radius 2 is 1.30 bits per heavy atom. The summed E-state index contributed by atoms with van der Waals surface area (Å²) >= 11 is 1.26. The maximum absolute atomic E-state index is 13.4. The lowest BCUT2D eigenvalue weighted by molar-refractivity contribution is -0.115. The fourth-order valence-corrected chi connectivity index (χ4v) is 4.53. The van der Waals surface area contributed by atoms with E-state index in [4.69, 9.17) is 0 Å². The molecular weight excluding hydrogens is 430 g/mol. The van der Waals surface area contributed by atoms with Gasteiger partial charge in [-0.1, -0.05) is 78.5 Å².